The van der Waals surface area contributed by atoms with Crippen LogP contribution in [0.1, 0.15) is 44.9 Å². The molecule has 0 radical (unpaired) electrons. The highest BCUT2D eigenvalue weighted by Crippen LogP contribution is 2.28. The van der Waals surface area contributed by atoms with E-state index in [1.807, 2.05) is 57.9 Å². The molecule has 166 valence electrons. The van der Waals surface area contributed by atoms with Gasteiger partial charge in [0.05, 0.1) is 12.2 Å². The molecule has 0 fully saturated rings. The minimum Gasteiger partial charge on any atom is -0.299 e. The summed E-state index contributed by atoms with van der Waals surface area (Å²) >= 11 is 0. The van der Waals surface area contributed by atoms with Gasteiger partial charge in [0, 0.05) is 35.8 Å². The fourth-order valence-electron chi connectivity index (χ4n) is 3.87. The maximum atomic E-state index is 13.0. The Bertz CT molecular complexity index is 1200. The number of imidazole rings is 1. The van der Waals surface area contributed by atoms with Gasteiger partial charge in [-0.1, -0.05) is 57.5 Å². The first-order valence-electron chi connectivity index (χ1n) is 11.1. The first-order valence-corrected chi connectivity index (χ1v) is 11.1. The second-order valence-electron chi connectivity index (χ2n) is 8.48. The molecular weight excluding hydrogens is 402 g/mol. The highest BCUT2D eigenvalue weighted by molar-refractivity contribution is 5.78. The van der Waals surface area contributed by atoms with Gasteiger partial charge in [-0.15, -0.1) is 5.10 Å². The van der Waals surface area contributed by atoms with Crippen LogP contribution in [0.25, 0.3) is 22.6 Å². The fourth-order valence-corrected chi connectivity index (χ4v) is 3.87. The van der Waals surface area contributed by atoms with Crippen molar-refractivity contribution in [2.75, 3.05) is 0 Å². The van der Waals surface area contributed by atoms with Gasteiger partial charge in [-0.05, 0) is 40.8 Å². The van der Waals surface area contributed by atoms with Gasteiger partial charge >= 0.3 is 5.69 Å². The molecule has 32 heavy (non-hydrogen) atoms. The van der Waals surface area contributed by atoms with E-state index in [0.29, 0.717) is 18.3 Å². The Kier molecular flexibility index (Phi) is 6.58. The second kappa shape index (κ2) is 9.72. The summed E-state index contributed by atoms with van der Waals surface area (Å²) in [4.78, 5) is 17.7. The number of aromatic nitrogens is 7. The molecule has 0 unspecified atom stereocenters. The number of aromatic amines is 1. The number of unbranched alkanes of at least 4 members (excludes halogenated alkanes) is 1. The molecule has 0 saturated heterocycles. The van der Waals surface area contributed by atoms with Crippen LogP contribution in [0.5, 0.6) is 0 Å². The van der Waals surface area contributed by atoms with Crippen molar-refractivity contribution < 1.29 is 0 Å². The maximum Gasteiger partial charge on any atom is 0.328 e. The van der Waals surface area contributed by atoms with E-state index >= 15 is 0 Å². The average molecular weight is 432 g/mol. The summed E-state index contributed by atoms with van der Waals surface area (Å²) in [6, 6.07) is 11.9. The number of rotatable bonds is 9. The van der Waals surface area contributed by atoms with Crippen molar-refractivity contribution >= 4 is 0 Å². The number of hydrogen-bond acceptors (Lipinski definition) is 5. The summed E-state index contributed by atoms with van der Waals surface area (Å²) in [5.41, 5.74) is 4.79. The van der Waals surface area contributed by atoms with Gasteiger partial charge in [0.1, 0.15) is 0 Å². The van der Waals surface area contributed by atoms with E-state index in [1.165, 1.54) is 0 Å². The molecule has 8 heteroatoms. The molecule has 4 rings (SSSR count). The third-order valence-electron chi connectivity index (χ3n) is 5.47. The van der Waals surface area contributed by atoms with E-state index in [0.717, 1.165) is 53.9 Å². The van der Waals surface area contributed by atoms with E-state index in [-0.39, 0.29) is 5.69 Å². The van der Waals surface area contributed by atoms with Gasteiger partial charge in [-0.3, -0.25) is 14.1 Å². The number of tetrazole rings is 1. The Morgan fingerprint density at radius 3 is 2.56 bits per heavy atom. The number of benzene rings is 1. The zero-order valence-corrected chi connectivity index (χ0v) is 18.8. The lowest BCUT2D eigenvalue weighted by Crippen LogP contribution is -2.26. The Hall–Kier alpha value is -3.55. The third kappa shape index (κ3) is 4.69. The van der Waals surface area contributed by atoms with Crippen LogP contribution in [0.2, 0.25) is 0 Å². The topological polar surface area (TPSA) is 94.3 Å². The Morgan fingerprint density at radius 1 is 1.09 bits per heavy atom. The van der Waals surface area contributed by atoms with Crippen LogP contribution in [0.4, 0.5) is 0 Å². The quantitative estimate of drug-likeness (QED) is 0.433. The molecule has 4 aromatic rings. The van der Waals surface area contributed by atoms with Gasteiger partial charge in [-0.25, -0.2) is 9.89 Å². The zero-order valence-electron chi connectivity index (χ0n) is 18.8. The predicted octanol–water partition coefficient (Wildman–Crippen LogP) is 3.94. The predicted molar refractivity (Wildman–Crippen MR) is 124 cm³/mol. The number of pyridine rings is 1. The molecule has 0 atom stereocenters. The first-order chi connectivity index (χ1) is 15.6. The largest absolute Gasteiger partial charge is 0.328 e. The molecule has 1 N–H and O–H groups in total. The number of nitrogens with one attached hydrogen (secondary N) is 1. The van der Waals surface area contributed by atoms with Gasteiger partial charge < -0.3 is 0 Å². The summed E-state index contributed by atoms with van der Waals surface area (Å²) < 4.78 is 3.74. The summed E-state index contributed by atoms with van der Waals surface area (Å²) in [5, 5.41) is 14.2. The van der Waals surface area contributed by atoms with Crippen LogP contribution < -0.4 is 5.69 Å². The number of hydrogen-bond donors (Lipinski definition) is 1. The van der Waals surface area contributed by atoms with Gasteiger partial charge in [-0.2, -0.15) is 0 Å². The molecule has 3 heterocycles. The SMILES string of the molecule is CCCCn1cc(CC(C)C)n(Cc2ccc(-c3ccccc3-c3nnn[nH]3)nc2)c1=O. The average Bonchev–Trinajstić information content (AvgIpc) is 3.43. The summed E-state index contributed by atoms with van der Waals surface area (Å²) in [6.07, 6.45) is 6.81. The lowest BCUT2D eigenvalue weighted by atomic mass is 10.0. The summed E-state index contributed by atoms with van der Waals surface area (Å²) in [5.74, 6) is 1.08. The Balaban J connectivity index is 1.62. The van der Waals surface area contributed by atoms with Gasteiger partial charge in [0.2, 0.25) is 0 Å². The molecule has 0 spiro atoms. The van der Waals surface area contributed by atoms with Crippen LogP contribution in [-0.4, -0.2) is 34.7 Å². The Morgan fingerprint density at radius 2 is 1.91 bits per heavy atom. The lowest BCUT2D eigenvalue weighted by Gasteiger charge is -2.10. The molecular formula is C24H29N7O. The van der Waals surface area contributed by atoms with Gasteiger partial charge in [0.25, 0.3) is 0 Å². The van der Waals surface area contributed by atoms with Gasteiger partial charge in [0.15, 0.2) is 5.82 Å². The highest BCUT2D eigenvalue weighted by atomic mass is 16.1. The molecule has 0 aliphatic rings. The zero-order chi connectivity index (χ0) is 22.5. The van der Waals surface area contributed by atoms with Crippen molar-refractivity contribution in [2.45, 2.75) is 53.1 Å². The number of nitrogens with zero attached hydrogens (tertiary/aromatic N) is 6. The molecule has 0 aliphatic heterocycles. The van der Waals surface area contributed by atoms with Crippen molar-refractivity contribution in [1.29, 1.82) is 0 Å². The fraction of sp³-hybridized carbons (Fsp3) is 0.375. The van der Waals surface area contributed by atoms with Crippen LogP contribution in [0, 0.1) is 5.92 Å². The normalized spacial score (nSPS) is 11.4. The van der Waals surface area contributed by atoms with Crippen LogP contribution in [0.3, 0.4) is 0 Å². The van der Waals surface area contributed by atoms with E-state index in [1.54, 1.807) is 0 Å². The molecule has 8 nitrogen and oxygen atoms in total. The molecule has 0 aliphatic carbocycles. The van der Waals surface area contributed by atoms with Crippen molar-refractivity contribution in [1.82, 2.24) is 34.7 Å². The van der Waals surface area contributed by atoms with E-state index < -0.39 is 0 Å². The maximum absolute atomic E-state index is 13.0. The smallest absolute Gasteiger partial charge is 0.299 e. The lowest BCUT2D eigenvalue weighted by molar-refractivity contribution is 0.581. The minimum atomic E-state index is 0.0568. The summed E-state index contributed by atoms with van der Waals surface area (Å²) in [6.45, 7) is 7.77. The minimum absolute atomic E-state index is 0.0568. The van der Waals surface area contributed by atoms with E-state index in [9.17, 15) is 4.79 Å². The van der Waals surface area contributed by atoms with E-state index in [2.05, 4.69) is 46.4 Å². The first kappa shape index (κ1) is 21.7. The van der Waals surface area contributed by atoms with E-state index in [4.69, 9.17) is 0 Å². The molecule has 0 amide bonds. The van der Waals surface area contributed by atoms with Crippen molar-refractivity contribution in [3.63, 3.8) is 0 Å². The number of aryl methyl sites for hydroxylation is 1. The van der Waals surface area contributed by atoms with Crippen molar-refractivity contribution in [3.05, 3.63) is 70.5 Å². The molecule has 0 bridgehead atoms. The van der Waals surface area contributed by atoms with Crippen LogP contribution >= 0.6 is 0 Å². The number of H-pyrrole nitrogens is 1. The monoisotopic (exact) mass is 431 g/mol. The van der Waals surface area contributed by atoms with Crippen LogP contribution in [0.15, 0.2) is 53.6 Å². The van der Waals surface area contributed by atoms with Crippen molar-refractivity contribution in [3.8, 4) is 22.6 Å². The highest BCUT2D eigenvalue weighted by Gasteiger charge is 2.14. The third-order valence-corrected chi connectivity index (χ3v) is 5.47. The second-order valence-corrected chi connectivity index (χ2v) is 8.48. The molecule has 3 aromatic heterocycles. The van der Waals surface area contributed by atoms with Crippen LogP contribution in [-0.2, 0) is 19.5 Å². The molecule has 0 saturated carbocycles. The summed E-state index contributed by atoms with van der Waals surface area (Å²) in [7, 11) is 0. The van der Waals surface area contributed by atoms with Crippen molar-refractivity contribution in [2.24, 2.45) is 5.92 Å². The standard InChI is InChI=1S/C24H29N7O/c1-4-5-12-30-16-19(13-17(2)3)31(24(30)32)15-18-10-11-22(25-14-18)20-8-6-7-9-21(20)23-26-28-29-27-23/h6-11,14,16-17H,4-5,12-13,15H2,1-3H3,(H,26,27,28,29). The Labute approximate surface area is 187 Å². The molecule has 1 aromatic carbocycles.